The van der Waals surface area contributed by atoms with Gasteiger partial charge >= 0.3 is 0 Å². The predicted octanol–water partition coefficient (Wildman–Crippen LogP) is 6.08. The molecule has 1 amide bonds. The van der Waals surface area contributed by atoms with Crippen molar-refractivity contribution in [3.8, 4) is 16.9 Å². The summed E-state index contributed by atoms with van der Waals surface area (Å²) in [4.78, 5) is 13.0. The number of carbonyl (C=O) groups is 1. The van der Waals surface area contributed by atoms with Crippen LogP contribution in [0.2, 0.25) is 0 Å². The van der Waals surface area contributed by atoms with Gasteiger partial charge in [0.2, 0.25) is 0 Å². The van der Waals surface area contributed by atoms with Gasteiger partial charge in [0, 0.05) is 18.2 Å². The van der Waals surface area contributed by atoms with E-state index in [0.717, 1.165) is 74.2 Å². The summed E-state index contributed by atoms with van der Waals surface area (Å²) in [5.74, 6) is 0.731. The summed E-state index contributed by atoms with van der Waals surface area (Å²) < 4.78 is 6.20. The van der Waals surface area contributed by atoms with E-state index in [2.05, 4.69) is 46.0 Å². The topological polar surface area (TPSA) is 76.1 Å². The average molecular weight is 536 g/mol. The van der Waals surface area contributed by atoms with Crippen molar-refractivity contribution in [1.29, 1.82) is 0 Å². The second-order valence-corrected chi connectivity index (χ2v) is 9.52. The molecule has 2 aromatic rings. The van der Waals surface area contributed by atoms with Crippen molar-refractivity contribution < 1.29 is 9.53 Å². The lowest BCUT2D eigenvalue weighted by molar-refractivity contribution is 0.0938. The molecule has 8 heteroatoms. The number of carbonyl (C=O) groups excluding carboxylic acids is 1. The third kappa shape index (κ3) is 8.19. The number of halogens is 2. The number of benzene rings is 1. The molecule has 0 spiro atoms. The molecular weight excluding hydrogens is 495 g/mol. The molecule has 0 saturated heterocycles. The lowest BCUT2D eigenvalue weighted by atomic mass is 9.97. The van der Waals surface area contributed by atoms with E-state index in [4.69, 9.17) is 4.74 Å². The van der Waals surface area contributed by atoms with E-state index in [1.54, 1.807) is 0 Å². The van der Waals surface area contributed by atoms with Crippen molar-refractivity contribution in [3.05, 3.63) is 53.4 Å². The van der Waals surface area contributed by atoms with Gasteiger partial charge in [0.25, 0.3) is 5.91 Å². The standard InChI is InChI=1S/C28H38N4O2.2ClH/c1-3-4-10-26-25(22-11-13-24(14-12-22)34-23-8-6-5-7-9-23)19-27(32-31-26)28(33)30-20(2)21-15-17-29-18-16-21;;/h11-15,19-20,23,29H,3-10,16-18H2,1-2H3,(H,30,33);2*1H. The molecule has 1 aliphatic heterocycles. The SMILES string of the molecule is CCCCc1nnc(C(=O)NC(C)C2=CCNCC2)cc1-c1ccc(OC2CCCCC2)cc1.Cl.Cl. The Kier molecular flexibility index (Phi) is 12.7. The highest BCUT2D eigenvalue weighted by Crippen LogP contribution is 2.28. The van der Waals surface area contributed by atoms with Crippen LogP contribution in [0.1, 0.15) is 81.4 Å². The molecule has 2 aliphatic rings. The first kappa shape index (κ1) is 30.1. The van der Waals surface area contributed by atoms with Crippen LogP contribution in [0.15, 0.2) is 42.0 Å². The van der Waals surface area contributed by atoms with Crippen molar-refractivity contribution >= 4 is 30.7 Å². The molecule has 1 aliphatic carbocycles. The lowest BCUT2D eigenvalue weighted by Crippen LogP contribution is -2.37. The molecular formula is C28H40Cl2N4O2. The molecule has 1 atom stereocenters. The number of hydrogen-bond acceptors (Lipinski definition) is 5. The van der Waals surface area contributed by atoms with Crippen LogP contribution in [0.3, 0.4) is 0 Å². The van der Waals surface area contributed by atoms with Gasteiger partial charge in [0.15, 0.2) is 5.69 Å². The molecule has 1 unspecified atom stereocenters. The number of hydrogen-bond donors (Lipinski definition) is 2. The fourth-order valence-corrected chi connectivity index (χ4v) is 4.79. The Balaban J connectivity index is 0.00000228. The van der Waals surface area contributed by atoms with Crippen LogP contribution in [-0.4, -0.2) is 41.3 Å². The van der Waals surface area contributed by atoms with Crippen LogP contribution < -0.4 is 15.4 Å². The molecule has 1 aromatic heterocycles. The maximum atomic E-state index is 13.0. The molecule has 6 nitrogen and oxygen atoms in total. The van der Waals surface area contributed by atoms with Gasteiger partial charge < -0.3 is 15.4 Å². The first-order chi connectivity index (χ1) is 16.6. The fourth-order valence-electron chi connectivity index (χ4n) is 4.79. The van der Waals surface area contributed by atoms with E-state index in [0.29, 0.717) is 11.8 Å². The van der Waals surface area contributed by atoms with E-state index in [9.17, 15) is 4.79 Å². The van der Waals surface area contributed by atoms with Crippen molar-refractivity contribution in [1.82, 2.24) is 20.8 Å². The lowest BCUT2D eigenvalue weighted by Gasteiger charge is -2.23. The van der Waals surface area contributed by atoms with Crippen molar-refractivity contribution in [2.24, 2.45) is 0 Å². The summed E-state index contributed by atoms with van der Waals surface area (Å²) in [7, 11) is 0. The minimum Gasteiger partial charge on any atom is -0.490 e. The highest BCUT2D eigenvalue weighted by atomic mass is 35.5. The highest BCUT2D eigenvalue weighted by molar-refractivity contribution is 5.93. The molecule has 1 aromatic carbocycles. The molecule has 198 valence electrons. The number of nitrogens with one attached hydrogen (secondary N) is 2. The summed E-state index contributed by atoms with van der Waals surface area (Å²) >= 11 is 0. The minimum atomic E-state index is -0.181. The average Bonchev–Trinajstić information content (AvgIpc) is 2.89. The Morgan fingerprint density at radius 1 is 1.14 bits per heavy atom. The van der Waals surface area contributed by atoms with Crippen LogP contribution in [0, 0.1) is 0 Å². The number of ether oxygens (including phenoxy) is 1. The Hall–Kier alpha value is -2.15. The normalized spacial score (nSPS) is 16.7. The molecule has 4 rings (SSSR count). The summed E-state index contributed by atoms with van der Waals surface area (Å²) in [6, 6.07) is 10.1. The Labute approximate surface area is 227 Å². The maximum absolute atomic E-state index is 13.0. The Bertz CT molecular complexity index is 992. The predicted molar refractivity (Wildman–Crippen MR) is 151 cm³/mol. The number of aryl methyl sites for hydroxylation is 1. The van der Waals surface area contributed by atoms with Gasteiger partial charge in [-0.25, -0.2) is 0 Å². The van der Waals surface area contributed by atoms with Gasteiger partial charge in [0.1, 0.15) is 5.75 Å². The van der Waals surface area contributed by atoms with Gasteiger partial charge in [0.05, 0.1) is 11.8 Å². The molecule has 1 fully saturated rings. The van der Waals surface area contributed by atoms with Gasteiger partial charge in [-0.3, -0.25) is 4.79 Å². The van der Waals surface area contributed by atoms with E-state index in [-0.39, 0.29) is 36.8 Å². The number of rotatable bonds is 9. The van der Waals surface area contributed by atoms with Gasteiger partial charge in [-0.05, 0) is 87.7 Å². The molecule has 2 heterocycles. The Morgan fingerprint density at radius 2 is 1.89 bits per heavy atom. The monoisotopic (exact) mass is 534 g/mol. The third-order valence-corrected chi connectivity index (χ3v) is 6.89. The van der Waals surface area contributed by atoms with Crippen molar-refractivity contribution in [2.45, 2.75) is 83.8 Å². The minimum absolute atomic E-state index is 0. The molecule has 0 radical (unpaired) electrons. The summed E-state index contributed by atoms with van der Waals surface area (Å²) in [6.07, 6.45) is 12.5. The van der Waals surface area contributed by atoms with Crippen LogP contribution in [0.4, 0.5) is 0 Å². The fraction of sp³-hybridized carbons (Fsp3) is 0.536. The van der Waals surface area contributed by atoms with Gasteiger partial charge in [-0.1, -0.05) is 38.0 Å². The van der Waals surface area contributed by atoms with Crippen LogP contribution in [-0.2, 0) is 6.42 Å². The molecule has 36 heavy (non-hydrogen) atoms. The first-order valence-electron chi connectivity index (χ1n) is 13.0. The Morgan fingerprint density at radius 3 is 2.56 bits per heavy atom. The van der Waals surface area contributed by atoms with Crippen LogP contribution in [0.25, 0.3) is 11.1 Å². The highest BCUT2D eigenvalue weighted by Gasteiger charge is 2.19. The summed E-state index contributed by atoms with van der Waals surface area (Å²) in [5, 5.41) is 15.2. The third-order valence-electron chi connectivity index (χ3n) is 6.89. The zero-order chi connectivity index (χ0) is 23.8. The largest absolute Gasteiger partial charge is 0.490 e. The van der Waals surface area contributed by atoms with E-state index in [1.165, 1.54) is 24.8 Å². The molecule has 1 saturated carbocycles. The van der Waals surface area contributed by atoms with E-state index < -0.39 is 0 Å². The van der Waals surface area contributed by atoms with E-state index in [1.807, 2.05) is 25.1 Å². The first-order valence-corrected chi connectivity index (χ1v) is 13.0. The van der Waals surface area contributed by atoms with Crippen LogP contribution in [0.5, 0.6) is 5.75 Å². The summed E-state index contributed by atoms with van der Waals surface area (Å²) in [5.41, 5.74) is 4.58. The maximum Gasteiger partial charge on any atom is 0.272 e. The number of unbranched alkanes of at least 4 members (excludes halogenated alkanes) is 1. The second-order valence-electron chi connectivity index (χ2n) is 9.52. The smallest absolute Gasteiger partial charge is 0.272 e. The number of aromatic nitrogens is 2. The zero-order valence-corrected chi connectivity index (χ0v) is 23.1. The molecule has 2 N–H and O–H groups in total. The number of nitrogens with zero attached hydrogens (tertiary/aromatic N) is 2. The second kappa shape index (κ2) is 15.2. The number of amides is 1. The van der Waals surface area contributed by atoms with Gasteiger partial charge in [-0.15, -0.1) is 29.9 Å². The zero-order valence-electron chi connectivity index (χ0n) is 21.4. The van der Waals surface area contributed by atoms with Crippen molar-refractivity contribution in [2.75, 3.05) is 13.1 Å². The quantitative estimate of drug-likeness (QED) is 0.381. The van der Waals surface area contributed by atoms with Gasteiger partial charge in [-0.2, -0.15) is 5.10 Å². The summed E-state index contributed by atoms with van der Waals surface area (Å²) in [6.45, 7) is 6.00. The van der Waals surface area contributed by atoms with Crippen molar-refractivity contribution in [3.63, 3.8) is 0 Å². The molecule has 0 bridgehead atoms. The van der Waals surface area contributed by atoms with E-state index >= 15 is 0 Å². The van der Waals surface area contributed by atoms with Crippen LogP contribution >= 0.6 is 24.8 Å².